The van der Waals surface area contributed by atoms with Gasteiger partial charge in [-0.25, -0.2) is 0 Å². The summed E-state index contributed by atoms with van der Waals surface area (Å²) in [6, 6.07) is 18.1. The number of benzene rings is 2. The van der Waals surface area contributed by atoms with Crippen molar-refractivity contribution >= 4 is 28.7 Å². The van der Waals surface area contributed by atoms with Gasteiger partial charge < -0.3 is 9.84 Å². The van der Waals surface area contributed by atoms with Crippen molar-refractivity contribution in [3.05, 3.63) is 93.4 Å². The van der Waals surface area contributed by atoms with Crippen LogP contribution in [0.3, 0.4) is 0 Å². The van der Waals surface area contributed by atoms with Crippen LogP contribution in [0.15, 0.2) is 77.4 Å². The Kier molecular flexibility index (Phi) is 5.91. The third-order valence-corrected chi connectivity index (χ3v) is 6.54. The maximum atomic E-state index is 13.3. The Balaban J connectivity index is 1.73. The number of anilines is 1. The van der Waals surface area contributed by atoms with Crippen molar-refractivity contribution in [2.45, 2.75) is 25.8 Å². The lowest BCUT2D eigenvalue weighted by molar-refractivity contribution is -0.118. The van der Waals surface area contributed by atoms with Gasteiger partial charge in [-0.15, -0.1) is 11.3 Å². The molecule has 31 heavy (non-hydrogen) atoms. The van der Waals surface area contributed by atoms with Crippen LogP contribution in [0.5, 0.6) is 5.75 Å². The molecule has 3 aromatic rings. The molecule has 0 radical (unpaired) electrons. The third-order valence-electron chi connectivity index (χ3n) is 5.47. The van der Waals surface area contributed by atoms with E-state index in [4.69, 9.17) is 4.74 Å². The van der Waals surface area contributed by atoms with Gasteiger partial charge in [-0.1, -0.05) is 36.4 Å². The van der Waals surface area contributed by atoms with E-state index in [0.29, 0.717) is 17.9 Å². The molecule has 4 rings (SSSR count). The lowest BCUT2D eigenvalue weighted by Gasteiger charge is -2.26. The van der Waals surface area contributed by atoms with Crippen LogP contribution in [0, 0.1) is 6.92 Å². The minimum Gasteiger partial charge on any atom is -0.503 e. The highest BCUT2D eigenvalue weighted by atomic mass is 32.1. The number of carbonyl (C=O) groups is 2. The Hall–Kier alpha value is -3.38. The zero-order valence-electron chi connectivity index (χ0n) is 17.4. The molecule has 1 N–H and O–H groups in total. The predicted molar refractivity (Wildman–Crippen MR) is 122 cm³/mol. The largest absolute Gasteiger partial charge is 0.503 e. The molecule has 158 valence electrons. The normalized spacial score (nSPS) is 16.1. The number of hydrogen-bond acceptors (Lipinski definition) is 5. The van der Waals surface area contributed by atoms with Crippen molar-refractivity contribution < 1.29 is 19.4 Å². The summed E-state index contributed by atoms with van der Waals surface area (Å²) in [6.07, 6.45) is 0.753. The van der Waals surface area contributed by atoms with Crippen LogP contribution >= 0.6 is 11.3 Å². The molecule has 0 saturated carbocycles. The predicted octanol–water partition coefficient (Wildman–Crippen LogP) is 5.17. The number of methoxy groups -OCH3 is 1. The van der Waals surface area contributed by atoms with Crippen LogP contribution in [0.25, 0.3) is 0 Å². The fourth-order valence-electron chi connectivity index (χ4n) is 3.87. The van der Waals surface area contributed by atoms with Crippen LogP contribution in [0.2, 0.25) is 0 Å². The van der Waals surface area contributed by atoms with Gasteiger partial charge in [0.1, 0.15) is 11.8 Å². The summed E-state index contributed by atoms with van der Waals surface area (Å²) < 4.78 is 5.31. The fraction of sp³-hybridized carbons (Fsp3) is 0.200. The molecule has 1 amide bonds. The highest BCUT2D eigenvalue weighted by Crippen LogP contribution is 2.44. The van der Waals surface area contributed by atoms with E-state index in [1.165, 1.54) is 16.2 Å². The third kappa shape index (κ3) is 3.99. The van der Waals surface area contributed by atoms with Crippen molar-refractivity contribution in [1.29, 1.82) is 0 Å². The number of thiophene rings is 1. The molecule has 1 atom stereocenters. The number of nitrogens with zero attached hydrogens (tertiary/aromatic N) is 1. The molecule has 0 bridgehead atoms. The van der Waals surface area contributed by atoms with Crippen LogP contribution < -0.4 is 9.64 Å². The summed E-state index contributed by atoms with van der Waals surface area (Å²) in [4.78, 5) is 28.8. The quantitative estimate of drug-likeness (QED) is 0.558. The van der Waals surface area contributed by atoms with E-state index in [1.807, 2.05) is 48.7 Å². The van der Waals surface area contributed by atoms with Crippen LogP contribution in [-0.4, -0.2) is 23.9 Å². The van der Waals surface area contributed by atoms with Crippen LogP contribution in [0.1, 0.15) is 28.5 Å². The first-order valence-corrected chi connectivity index (χ1v) is 10.9. The maximum Gasteiger partial charge on any atom is 0.294 e. The Labute approximate surface area is 185 Å². The number of ether oxygens (including phenoxy) is 1. The second kappa shape index (κ2) is 8.78. The SMILES string of the molecule is COc1cccc(N2C(=O)C(O)=C(C(=O)CCc3ccccc3)C2c2sccc2C)c1. The van der Waals surface area contributed by atoms with E-state index in [9.17, 15) is 14.7 Å². The number of aliphatic hydroxyl groups excluding tert-OH is 1. The lowest BCUT2D eigenvalue weighted by atomic mass is 9.95. The minimum absolute atomic E-state index is 0.161. The Morgan fingerprint density at radius 3 is 2.58 bits per heavy atom. The highest BCUT2D eigenvalue weighted by molar-refractivity contribution is 7.10. The van der Waals surface area contributed by atoms with E-state index in [1.54, 1.807) is 31.4 Å². The molecule has 6 heteroatoms. The van der Waals surface area contributed by atoms with Crippen molar-refractivity contribution in [2.75, 3.05) is 12.0 Å². The first kappa shape index (κ1) is 20.9. The zero-order chi connectivity index (χ0) is 22.0. The van der Waals surface area contributed by atoms with Crippen LogP contribution in [0.4, 0.5) is 5.69 Å². The summed E-state index contributed by atoms with van der Waals surface area (Å²) in [7, 11) is 1.56. The number of aryl methyl sites for hydroxylation is 2. The molecule has 1 aliphatic heterocycles. The number of rotatable bonds is 7. The lowest BCUT2D eigenvalue weighted by Crippen LogP contribution is -2.31. The van der Waals surface area contributed by atoms with Gasteiger partial charge in [0, 0.05) is 23.1 Å². The van der Waals surface area contributed by atoms with E-state index < -0.39 is 17.7 Å². The minimum atomic E-state index is -0.664. The molecular formula is C25H23NO4S. The molecule has 2 heterocycles. The smallest absolute Gasteiger partial charge is 0.294 e. The maximum absolute atomic E-state index is 13.3. The average molecular weight is 434 g/mol. The van der Waals surface area contributed by atoms with Crippen molar-refractivity contribution in [2.24, 2.45) is 0 Å². The monoisotopic (exact) mass is 433 g/mol. The first-order chi connectivity index (χ1) is 15.0. The Bertz CT molecular complexity index is 1150. The van der Waals surface area contributed by atoms with Crippen molar-refractivity contribution in [3.63, 3.8) is 0 Å². The van der Waals surface area contributed by atoms with Gasteiger partial charge in [-0.05, 0) is 48.1 Å². The highest BCUT2D eigenvalue weighted by Gasteiger charge is 2.45. The first-order valence-electron chi connectivity index (χ1n) is 10.0. The standard InChI is InChI=1S/C25H23NO4S/c1-16-13-14-31-24(16)22-21(20(27)12-11-17-7-4-3-5-8-17)23(28)25(29)26(22)18-9-6-10-19(15-18)30-2/h3-10,13-15,22,28H,11-12H2,1-2H3. The van der Waals surface area contributed by atoms with Crippen molar-refractivity contribution in [3.8, 4) is 5.75 Å². The van der Waals surface area contributed by atoms with Gasteiger partial charge in [-0.2, -0.15) is 0 Å². The fourth-order valence-corrected chi connectivity index (χ4v) is 4.89. The van der Waals surface area contributed by atoms with E-state index in [-0.39, 0.29) is 17.8 Å². The molecule has 1 aromatic heterocycles. The van der Waals surface area contributed by atoms with E-state index >= 15 is 0 Å². The molecule has 1 aliphatic rings. The second-order valence-electron chi connectivity index (χ2n) is 7.42. The molecular weight excluding hydrogens is 410 g/mol. The molecule has 1 unspecified atom stereocenters. The molecule has 0 aliphatic carbocycles. The van der Waals surface area contributed by atoms with Gasteiger partial charge in [0.2, 0.25) is 0 Å². The van der Waals surface area contributed by atoms with Gasteiger partial charge in [0.05, 0.1) is 12.7 Å². The summed E-state index contributed by atoms with van der Waals surface area (Å²) >= 11 is 1.47. The van der Waals surface area contributed by atoms with E-state index in [0.717, 1.165) is 16.0 Å². The molecule has 2 aromatic carbocycles. The molecule has 0 saturated heterocycles. The summed E-state index contributed by atoms with van der Waals surface area (Å²) in [6.45, 7) is 1.95. The van der Waals surface area contributed by atoms with Crippen molar-refractivity contribution in [1.82, 2.24) is 0 Å². The number of amides is 1. The second-order valence-corrected chi connectivity index (χ2v) is 8.37. The Morgan fingerprint density at radius 2 is 1.90 bits per heavy atom. The molecule has 0 fully saturated rings. The van der Waals surface area contributed by atoms with Crippen LogP contribution in [-0.2, 0) is 16.0 Å². The molecule has 0 spiro atoms. The topological polar surface area (TPSA) is 66.8 Å². The number of carbonyl (C=O) groups excluding carboxylic acids is 2. The molecule has 5 nitrogen and oxygen atoms in total. The number of Topliss-reactive ketones (excluding diaryl/α,β-unsaturated/α-hetero) is 1. The van der Waals surface area contributed by atoms with Gasteiger partial charge >= 0.3 is 0 Å². The summed E-state index contributed by atoms with van der Waals surface area (Å²) in [5, 5.41) is 12.7. The average Bonchev–Trinajstić information content (AvgIpc) is 3.33. The van der Waals surface area contributed by atoms with Gasteiger partial charge in [0.15, 0.2) is 11.5 Å². The summed E-state index contributed by atoms with van der Waals surface area (Å²) in [5.41, 5.74) is 2.74. The Morgan fingerprint density at radius 1 is 1.13 bits per heavy atom. The summed E-state index contributed by atoms with van der Waals surface area (Å²) in [5.74, 6) is -0.680. The number of aliphatic hydroxyl groups is 1. The van der Waals surface area contributed by atoms with Gasteiger partial charge in [0.25, 0.3) is 5.91 Å². The number of hydrogen-bond donors (Lipinski definition) is 1. The number of ketones is 1. The van der Waals surface area contributed by atoms with Gasteiger partial charge in [-0.3, -0.25) is 14.5 Å². The van der Waals surface area contributed by atoms with E-state index in [2.05, 4.69) is 0 Å². The zero-order valence-corrected chi connectivity index (χ0v) is 18.2.